The molecule has 0 saturated heterocycles. The third-order valence-corrected chi connectivity index (χ3v) is 5.17. The van der Waals surface area contributed by atoms with Crippen molar-refractivity contribution in [1.29, 1.82) is 0 Å². The van der Waals surface area contributed by atoms with Gasteiger partial charge in [-0.05, 0) is 31.5 Å². The maximum Gasteiger partial charge on any atom is 0.255 e. The Bertz CT molecular complexity index is 800. The van der Waals surface area contributed by atoms with E-state index < -0.39 is 29.5 Å². The summed E-state index contributed by atoms with van der Waals surface area (Å²) in [5.74, 6) is -4.63. The number of anilines is 1. The zero-order chi connectivity index (χ0) is 24.0. The van der Waals surface area contributed by atoms with Crippen LogP contribution in [-0.2, 0) is 0 Å². The molecule has 31 heavy (non-hydrogen) atoms. The fraction of sp³-hybridized carbons (Fsp3) is 0.381. The molecule has 174 valence electrons. The van der Waals surface area contributed by atoms with E-state index in [0.717, 1.165) is 20.0 Å². The summed E-state index contributed by atoms with van der Waals surface area (Å²) in [5.41, 5.74) is 0.00201. The zero-order valence-corrected chi connectivity index (χ0v) is 19.0. The highest BCUT2D eigenvalue weighted by atomic mass is 35.5. The van der Waals surface area contributed by atoms with E-state index in [1.165, 1.54) is 30.0 Å². The van der Waals surface area contributed by atoms with Gasteiger partial charge in [0.15, 0.2) is 17.5 Å². The summed E-state index contributed by atoms with van der Waals surface area (Å²) in [4.78, 5) is 12.8. The molecule has 0 heterocycles. The maximum atomic E-state index is 13.2. The topological polar surface area (TPSA) is 89.8 Å². The van der Waals surface area contributed by atoms with E-state index in [1.807, 2.05) is 0 Å². The Morgan fingerprint density at radius 1 is 1.16 bits per heavy atom. The Kier molecular flexibility index (Phi) is 15.0. The molecule has 0 spiro atoms. The van der Waals surface area contributed by atoms with Crippen LogP contribution in [0.3, 0.4) is 0 Å². The van der Waals surface area contributed by atoms with Gasteiger partial charge >= 0.3 is 0 Å². The first kappa shape index (κ1) is 29.2. The zero-order valence-electron chi connectivity index (χ0n) is 17.5. The highest BCUT2D eigenvalue weighted by molar-refractivity contribution is 7.99. The summed E-state index contributed by atoms with van der Waals surface area (Å²) in [6, 6.07) is 5.83. The Balaban J connectivity index is 0.00000113. The predicted octanol–water partition coefficient (Wildman–Crippen LogP) is 4.87. The molecule has 1 unspecified atom stereocenters. The van der Waals surface area contributed by atoms with Gasteiger partial charge in [-0.25, -0.2) is 13.2 Å². The normalized spacial score (nSPS) is 10.9. The lowest BCUT2D eigenvalue weighted by Gasteiger charge is -2.10. The molecule has 0 radical (unpaired) electrons. The number of aliphatic hydroxyl groups is 3. The standard InChI is InChI=1S/C16H13ClF3NO2S.C4H10O.CH4O/c1-8(22)7-24-14-4-9(2-3-11(14)17)16(23)21-10-5-12(18)15(20)13(19)6-10;1-2-3-4-5;1-2/h2-6,8,22H,7H2,1H3,(H,21,23);5H,2-4H2,1H3;2H,1H3. The van der Waals surface area contributed by atoms with Crippen LogP contribution in [0.4, 0.5) is 18.9 Å². The van der Waals surface area contributed by atoms with Gasteiger partial charge in [0.05, 0.1) is 11.1 Å². The van der Waals surface area contributed by atoms with E-state index in [0.29, 0.717) is 34.4 Å². The first-order valence-corrected chi connectivity index (χ1v) is 10.7. The Morgan fingerprint density at radius 2 is 1.74 bits per heavy atom. The molecule has 1 atom stereocenters. The third-order valence-electron chi connectivity index (χ3n) is 3.43. The summed E-state index contributed by atoms with van der Waals surface area (Å²) in [5, 5.41) is 27.1. The van der Waals surface area contributed by atoms with Gasteiger partial charge in [0.1, 0.15) is 0 Å². The third kappa shape index (κ3) is 10.9. The number of benzene rings is 2. The number of halogens is 4. The number of hydrogen-bond donors (Lipinski definition) is 4. The lowest BCUT2D eigenvalue weighted by molar-refractivity contribution is 0.102. The van der Waals surface area contributed by atoms with Crippen molar-refractivity contribution < 1.29 is 33.3 Å². The molecule has 0 bridgehead atoms. The van der Waals surface area contributed by atoms with E-state index in [4.69, 9.17) is 21.8 Å². The van der Waals surface area contributed by atoms with E-state index in [2.05, 4.69) is 12.2 Å². The number of aliphatic hydroxyl groups excluding tert-OH is 3. The number of rotatable bonds is 7. The van der Waals surface area contributed by atoms with Crippen LogP contribution in [0.25, 0.3) is 0 Å². The van der Waals surface area contributed by atoms with Crippen molar-refractivity contribution in [2.24, 2.45) is 0 Å². The molecule has 10 heteroatoms. The molecular formula is C21H27ClF3NO4S. The average Bonchev–Trinajstić information content (AvgIpc) is 2.73. The number of hydrogen-bond acceptors (Lipinski definition) is 5. The van der Waals surface area contributed by atoms with Gasteiger partial charge in [-0.15, -0.1) is 11.8 Å². The fourth-order valence-electron chi connectivity index (χ4n) is 1.95. The lowest BCUT2D eigenvalue weighted by Crippen LogP contribution is -2.13. The van der Waals surface area contributed by atoms with Crippen molar-refractivity contribution in [3.05, 3.63) is 58.4 Å². The van der Waals surface area contributed by atoms with Crippen LogP contribution in [0.15, 0.2) is 35.2 Å². The predicted molar refractivity (Wildman–Crippen MR) is 118 cm³/mol. The highest BCUT2D eigenvalue weighted by Gasteiger charge is 2.14. The Morgan fingerprint density at radius 3 is 2.19 bits per heavy atom. The van der Waals surface area contributed by atoms with E-state index in [1.54, 1.807) is 6.92 Å². The van der Waals surface area contributed by atoms with E-state index in [-0.39, 0.29) is 11.3 Å². The quantitative estimate of drug-likeness (QED) is 0.334. The molecule has 2 rings (SSSR count). The van der Waals surface area contributed by atoms with Gasteiger partial charge in [-0.3, -0.25) is 4.79 Å². The molecule has 5 nitrogen and oxygen atoms in total. The van der Waals surface area contributed by atoms with Crippen LogP contribution >= 0.6 is 23.4 Å². The van der Waals surface area contributed by atoms with Gasteiger partial charge in [-0.2, -0.15) is 0 Å². The van der Waals surface area contributed by atoms with Gasteiger partial charge in [0, 0.05) is 47.7 Å². The highest BCUT2D eigenvalue weighted by Crippen LogP contribution is 2.29. The second-order valence-corrected chi connectivity index (χ2v) is 7.56. The fourth-order valence-corrected chi connectivity index (χ4v) is 3.07. The number of nitrogens with one attached hydrogen (secondary N) is 1. The molecule has 2 aromatic carbocycles. The first-order valence-electron chi connectivity index (χ1n) is 9.31. The molecule has 4 N–H and O–H groups in total. The molecule has 2 aromatic rings. The summed E-state index contributed by atoms with van der Waals surface area (Å²) < 4.78 is 39.3. The minimum atomic E-state index is -1.60. The van der Waals surface area contributed by atoms with Gasteiger partial charge in [0.25, 0.3) is 5.91 Å². The summed E-state index contributed by atoms with van der Waals surface area (Å²) >= 11 is 7.30. The molecule has 0 fully saturated rings. The molecule has 0 aromatic heterocycles. The molecule has 0 saturated carbocycles. The van der Waals surface area contributed by atoms with Crippen molar-refractivity contribution in [3.8, 4) is 0 Å². The van der Waals surface area contributed by atoms with Crippen molar-refractivity contribution in [2.45, 2.75) is 37.7 Å². The Hall–Kier alpha value is -1.78. The largest absolute Gasteiger partial charge is 0.400 e. The Labute approximate surface area is 189 Å². The number of carbonyl (C=O) groups excluding carboxylic acids is 1. The SMILES string of the molecule is CC(O)CSc1cc(C(=O)Nc2cc(F)c(F)c(F)c2)ccc1Cl.CCCCO.CO. The van der Waals surface area contributed by atoms with Crippen molar-refractivity contribution in [2.75, 3.05) is 24.8 Å². The number of thioether (sulfide) groups is 1. The van der Waals surface area contributed by atoms with Gasteiger partial charge in [0.2, 0.25) is 0 Å². The maximum absolute atomic E-state index is 13.2. The van der Waals surface area contributed by atoms with Crippen LogP contribution in [0.2, 0.25) is 5.02 Å². The molecule has 0 aliphatic heterocycles. The minimum absolute atomic E-state index is 0.204. The second kappa shape index (κ2) is 15.9. The lowest BCUT2D eigenvalue weighted by atomic mass is 10.2. The molecule has 1 amide bonds. The minimum Gasteiger partial charge on any atom is -0.400 e. The van der Waals surface area contributed by atoms with Crippen LogP contribution < -0.4 is 5.32 Å². The van der Waals surface area contributed by atoms with Gasteiger partial charge < -0.3 is 20.6 Å². The molecule has 0 aliphatic rings. The second-order valence-electron chi connectivity index (χ2n) is 6.09. The van der Waals surface area contributed by atoms with E-state index in [9.17, 15) is 23.1 Å². The average molecular weight is 482 g/mol. The number of unbranched alkanes of at least 4 members (excludes halogenated alkanes) is 1. The van der Waals surface area contributed by atoms with Crippen LogP contribution in [-0.4, -0.2) is 46.8 Å². The van der Waals surface area contributed by atoms with Crippen molar-refractivity contribution in [3.63, 3.8) is 0 Å². The first-order chi connectivity index (χ1) is 14.7. The van der Waals surface area contributed by atoms with Crippen LogP contribution in [0.5, 0.6) is 0 Å². The van der Waals surface area contributed by atoms with Crippen LogP contribution in [0.1, 0.15) is 37.0 Å². The van der Waals surface area contributed by atoms with Crippen molar-refractivity contribution >= 4 is 35.0 Å². The smallest absolute Gasteiger partial charge is 0.255 e. The number of amides is 1. The summed E-state index contributed by atoms with van der Waals surface area (Å²) in [7, 11) is 1.00. The van der Waals surface area contributed by atoms with Crippen molar-refractivity contribution in [1.82, 2.24) is 0 Å². The number of carbonyl (C=O) groups is 1. The van der Waals surface area contributed by atoms with Crippen LogP contribution in [0, 0.1) is 17.5 Å². The summed E-state index contributed by atoms with van der Waals surface area (Å²) in [6.07, 6.45) is 1.49. The molecule has 0 aliphatic carbocycles. The monoisotopic (exact) mass is 481 g/mol. The summed E-state index contributed by atoms with van der Waals surface area (Å²) in [6.45, 7) is 4.02. The molecular weight excluding hydrogens is 455 g/mol. The van der Waals surface area contributed by atoms with Gasteiger partial charge in [-0.1, -0.05) is 24.9 Å². The van der Waals surface area contributed by atoms with E-state index >= 15 is 0 Å².